The summed E-state index contributed by atoms with van der Waals surface area (Å²) in [6.45, 7) is 7.24. The largest absolute Gasteiger partial charge is 0.389 e. The standard InChI is InChI=1S/C21H26Cl2N2O2/c1-16-2-5-19(23)12-21(16)25-10-8-24(9-11-25)13-20(26)15-27-14-17-3-6-18(22)7-4-17/h2-7,12,20,26H,8-11,13-15H2,1H3/t20-/m0/s1. The van der Waals surface area contributed by atoms with Gasteiger partial charge in [0.25, 0.3) is 0 Å². The molecule has 0 saturated carbocycles. The van der Waals surface area contributed by atoms with Crippen LogP contribution in [0.2, 0.25) is 10.0 Å². The van der Waals surface area contributed by atoms with Crippen molar-refractivity contribution in [2.75, 3.05) is 44.2 Å². The number of piperazine rings is 1. The van der Waals surface area contributed by atoms with E-state index in [9.17, 15) is 5.11 Å². The van der Waals surface area contributed by atoms with E-state index in [-0.39, 0.29) is 0 Å². The molecule has 3 rings (SSSR count). The maximum absolute atomic E-state index is 10.3. The van der Waals surface area contributed by atoms with Crippen LogP contribution in [0.15, 0.2) is 42.5 Å². The van der Waals surface area contributed by atoms with E-state index in [0.717, 1.165) is 36.8 Å². The van der Waals surface area contributed by atoms with Gasteiger partial charge in [0, 0.05) is 48.5 Å². The molecule has 2 aromatic carbocycles. The van der Waals surface area contributed by atoms with Crippen LogP contribution < -0.4 is 4.90 Å². The van der Waals surface area contributed by atoms with E-state index < -0.39 is 6.10 Å². The zero-order valence-electron chi connectivity index (χ0n) is 15.6. The van der Waals surface area contributed by atoms with E-state index in [2.05, 4.69) is 22.8 Å². The number of anilines is 1. The minimum Gasteiger partial charge on any atom is -0.389 e. The summed E-state index contributed by atoms with van der Waals surface area (Å²) in [7, 11) is 0. The molecule has 27 heavy (non-hydrogen) atoms. The summed E-state index contributed by atoms with van der Waals surface area (Å²) in [5, 5.41) is 11.8. The van der Waals surface area contributed by atoms with Gasteiger partial charge in [-0.1, -0.05) is 41.4 Å². The summed E-state index contributed by atoms with van der Waals surface area (Å²) >= 11 is 12.0. The number of β-amino-alcohol motifs (C(OH)–C–C–N with tert-alkyl or cyclic N) is 1. The molecule has 0 amide bonds. The van der Waals surface area contributed by atoms with Gasteiger partial charge >= 0.3 is 0 Å². The first-order valence-electron chi connectivity index (χ1n) is 9.25. The third-order valence-electron chi connectivity index (χ3n) is 4.85. The Morgan fingerprint density at radius 1 is 1.00 bits per heavy atom. The van der Waals surface area contributed by atoms with E-state index in [1.165, 1.54) is 11.3 Å². The smallest absolute Gasteiger partial charge is 0.0900 e. The van der Waals surface area contributed by atoms with Gasteiger partial charge in [-0.05, 0) is 42.3 Å². The minimum absolute atomic E-state index is 0.330. The fourth-order valence-corrected chi connectivity index (χ4v) is 3.63. The Balaban J connectivity index is 1.39. The van der Waals surface area contributed by atoms with Crippen molar-refractivity contribution in [2.24, 2.45) is 0 Å². The Morgan fingerprint density at radius 2 is 1.67 bits per heavy atom. The number of aryl methyl sites for hydroxylation is 1. The lowest BCUT2D eigenvalue weighted by Gasteiger charge is -2.37. The average molecular weight is 409 g/mol. The lowest BCUT2D eigenvalue weighted by Crippen LogP contribution is -2.49. The number of rotatable bonds is 7. The summed E-state index contributed by atoms with van der Waals surface area (Å²) < 4.78 is 5.64. The Kier molecular flexibility index (Phi) is 7.39. The second-order valence-corrected chi connectivity index (χ2v) is 7.89. The Labute approximate surface area is 171 Å². The molecule has 0 unspecified atom stereocenters. The molecule has 0 aliphatic carbocycles. The maximum Gasteiger partial charge on any atom is 0.0900 e. The molecule has 1 heterocycles. The SMILES string of the molecule is Cc1ccc(Cl)cc1N1CCN(C[C@H](O)COCc2ccc(Cl)cc2)CC1. The van der Waals surface area contributed by atoms with Crippen molar-refractivity contribution in [1.29, 1.82) is 0 Å². The molecular formula is C21H26Cl2N2O2. The summed E-state index contributed by atoms with van der Waals surface area (Å²) in [6, 6.07) is 13.6. The molecule has 0 spiro atoms. The van der Waals surface area contributed by atoms with Gasteiger partial charge in [-0.15, -0.1) is 0 Å². The highest BCUT2D eigenvalue weighted by Crippen LogP contribution is 2.25. The van der Waals surface area contributed by atoms with Crippen molar-refractivity contribution >= 4 is 28.9 Å². The summed E-state index contributed by atoms with van der Waals surface area (Å²) in [6.07, 6.45) is -0.489. The molecule has 1 fully saturated rings. The van der Waals surface area contributed by atoms with Gasteiger partial charge in [-0.2, -0.15) is 0 Å². The van der Waals surface area contributed by atoms with E-state index in [1.807, 2.05) is 36.4 Å². The molecule has 0 bridgehead atoms. The number of ether oxygens (including phenoxy) is 1. The lowest BCUT2D eigenvalue weighted by atomic mass is 10.1. The molecule has 0 aromatic heterocycles. The van der Waals surface area contributed by atoms with E-state index in [0.29, 0.717) is 24.8 Å². The molecule has 1 aliphatic heterocycles. The summed E-state index contributed by atoms with van der Waals surface area (Å²) in [5.74, 6) is 0. The Hall–Kier alpha value is -1.30. The lowest BCUT2D eigenvalue weighted by molar-refractivity contribution is 0.00914. The zero-order valence-corrected chi connectivity index (χ0v) is 17.1. The van der Waals surface area contributed by atoms with E-state index in [4.69, 9.17) is 27.9 Å². The van der Waals surface area contributed by atoms with Gasteiger partial charge in [0.2, 0.25) is 0 Å². The zero-order chi connectivity index (χ0) is 19.2. The van der Waals surface area contributed by atoms with Crippen LogP contribution in [-0.4, -0.2) is 55.4 Å². The predicted octanol–water partition coefficient (Wildman–Crippen LogP) is 4.00. The molecule has 146 valence electrons. The fourth-order valence-electron chi connectivity index (χ4n) is 3.34. The highest BCUT2D eigenvalue weighted by Gasteiger charge is 2.20. The molecule has 1 saturated heterocycles. The first-order valence-corrected chi connectivity index (χ1v) is 10.0. The topological polar surface area (TPSA) is 35.9 Å². The minimum atomic E-state index is -0.489. The second-order valence-electron chi connectivity index (χ2n) is 7.01. The van der Waals surface area contributed by atoms with Crippen LogP contribution in [0.4, 0.5) is 5.69 Å². The number of aliphatic hydroxyl groups excluding tert-OH is 1. The van der Waals surface area contributed by atoms with E-state index in [1.54, 1.807) is 0 Å². The Bertz CT molecular complexity index is 731. The van der Waals surface area contributed by atoms with Crippen molar-refractivity contribution in [3.63, 3.8) is 0 Å². The summed E-state index contributed by atoms with van der Waals surface area (Å²) in [4.78, 5) is 4.65. The van der Waals surface area contributed by atoms with Crippen LogP contribution in [0.25, 0.3) is 0 Å². The molecule has 4 nitrogen and oxygen atoms in total. The normalized spacial score (nSPS) is 16.5. The van der Waals surface area contributed by atoms with Crippen molar-refractivity contribution < 1.29 is 9.84 Å². The van der Waals surface area contributed by atoms with Gasteiger partial charge in [0.15, 0.2) is 0 Å². The van der Waals surface area contributed by atoms with Gasteiger partial charge < -0.3 is 14.7 Å². The third-order valence-corrected chi connectivity index (χ3v) is 5.33. The number of aliphatic hydroxyl groups is 1. The molecule has 1 atom stereocenters. The van der Waals surface area contributed by atoms with Crippen LogP contribution in [-0.2, 0) is 11.3 Å². The number of halogens is 2. The maximum atomic E-state index is 10.3. The van der Waals surface area contributed by atoms with Gasteiger partial charge in [-0.25, -0.2) is 0 Å². The van der Waals surface area contributed by atoms with Gasteiger partial charge in [0.1, 0.15) is 0 Å². The molecule has 1 aliphatic rings. The molecular weight excluding hydrogens is 383 g/mol. The quantitative estimate of drug-likeness (QED) is 0.750. The molecule has 6 heteroatoms. The van der Waals surface area contributed by atoms with Crippen LogP contribution in [0, 0.1) is 6.92 Å². The molecule has 1 N–H and O–H groups in total. The van der Waals surface area contributed by atoms with E-state index >= 15 is 0 Å². The average Bonchev–Trinajstić information content (AvgIpc) is 2.66. The highest BCUT2D eigenvalue weighted by molar-refractivity contribution is 6.31. The molecule has 0 radical (unpaired) electrons. The van der Waals surface area contributed by atoms with Crippen molar-refractivity contribution in [2.45, 2.75) is 19.6 Å². The van der Waals surface area contributed by atoms with Crippen LogP contribution in [0.5, 0.6) is 0 Å². The van der Waals surface area contributed by atoms with Crippen LogP contribution in [0.3, 0.4) is 0 Å². The Morgan fingerprint density at radius 3 is 2.37 bits per heavy atom. The number of benzene rings is 2. The first-order chi connectivity index (χ1) is 13.0. The number of hydrogen-bond acceptors (Lipinski definition) is 4. The number of hydrogen-bond donors (Lipinski definition) is 1. The van der Waals surface area contributed by atoms with Crippen molar-refractivity contribution in [1.82, 2.24) is 4.90 Å². The van der Waals surface area contributed by atoms with Gasteiger partial charge in [0.05, 0.1) is 19.3 Å². The van der Waals surface area contributed by atoms with Gasteiger partial charge in [-0.3, -0.25) is 4.90 Å². The first kappa shape index (κ1) is 20.4. The second kappa shape index (κ2) is 9.76. The third kappa shape index (κ3) is 6.09. The fraction of sp³-hybridized carbons (Fsp3) is 0.429. The summed E-state index contributed by atoms with van der Waals surface area (Å²) in [5.41, 5.74) is 3.49. The number of nitrogens with zero attached hydrogens (tertiary/aromatic N) is 2. The monoisotopic (exact) mass is 408 g/mol. The molecule has 2 aromatic rings. The van der Waals surface area contributed by atoms with Crippen molar-refractivity contribution in [3.8, 4) is 0 Å². The van der Waals surface area contributed by atoms with Crippen LogP contribution >= 0.6 is 23.2 Å². The van der Waals surface area contributed by atoms with Crippen molar-refractivity contribution in [3.05, 3.63) is 63.6 Å². The predicted molar refractivity (Wildman–Crippen MR) is 112 cm³/mol. The highest BCUT2D eigenvalue weighted by atomic mass is 35.5. The van der Waals surface area contributed by atoms with Crippen LogP contribution in [0.1, 0.15) is 11.1 Å².